The van der Waals surface area contributed by atoms with Gasteiger partial charge in [-0.25, -0.2) is 4.98 Å². The molecule has 0 saturated heterocycles. The predicted octanol–water partition coefficient (Wildman–Crippen LogP) is 3.41. The number of aryl methyl sites for hydroxylation is 1. The Morgan fingerprint density at radius 1 is 1.39 bits per heavy atom. The molecule has 5 nitrogen and oxygen atoms in total. The van der Waals surface area contributed by atoms with Crippen LogP contribution < -0.4 is 9.47 Å². The summed E-state index contributed by atoms with van der Waals surface area (Å²) in [6, 6.07) is 6.78. The van der Waals surface area contributed by atoms with E-state index >= 15 is 0 Å². The lowest BCUT2D eigenvalue weighted by Gasteiger charge is -2.14. The minimum Gasteiger partial charge on any atom is -0.617 e. The average Bonchev–Trinajstić information content (AvgIpc) is 2.51. The zero-order chi connectivity index (χ0) is 17.0. The Hall–Kier alpha value is -2.01. The van der Waals surface area contributed by atoms with Crippen LogP contribution in [0.3, 0.4) is 0 Å². The first-order valence-electron chi connectivity index (χ1n) is 7.63. The fraction of sp³-hybridized carbons (Fsp3) is 0.412. The Labute approximate surface area is 141 Å². The molecule has 2 aromatic rings. The van der Waals surface area contributed by atoms with Crippen LogP contribution >= 0.6 is 11.6 Å². The van der Waals surface area contributed by atoms with Crippen LogP contribution in [0, 0.1) is 11.1 Å². The van der Waals surface area contributed by atoms with Gasteiger partial charge in [0.2, 0.25) is 0 Å². The van der Waals surface area contributed by atoms with Gasteiger partial charge in [0.25, 0.3) is 11.6 Å². The van der Waals surface area contributed by atoms with Crippen LogP contribution in [0.1, 0.15) is 37.7 Å². The van der Waals surface area contributed by atoms with Gasteiger partial charge in [0.1, 0.15) is 18.1 Å². The maximum absolute atomic E-state index is 12.4. The molecule has 1 aromatic carbocycles. The summed E-state index contributed by atoms with van der Waals surface area (Å²) < 4.78 is 6.47. The van der Waals surface area contributed by atoms with E-state index in [1.165, 1.54) is 0 Å². The molecule has 0 aliphatic rings. The number of aromatic nitrogens is 2. The quantitative estimate of drug-likeness (QED) is 0.648. The van der Waals surface area contributed by atoms with E-state index in [0.717, 1.165) is 5.56 Å². The second-order valence-corrected chi connectivity index (χ2v) is 6.16. The summed E-state index contributed by atoms with van der Waals surface area (Å²) in [5.41, 5.74) is 1.75. The molecule has 0 radical (unpaired) electrons. The van der Waals surface area contributed by atoms with Gasteiger partial charge in [-0.05, 0) is 41.6 Å². The third-order valence-corrected chi connectivity index (χ3v) is 3.74. The first kappa shape index (κ1) is 17.3. The van der Waals surface area contributed by atoms with Crippen LogP contribution in [0.2, 0.25) is 5.15 Å². The number of benzene rings is 1. The van der Waals surface area contributed by atoms with Crippen LogP contribution in [-0.4, -0.2) is 10.1 Å². The van der Waals surface area contributed by atoms with Gasteiger partial charge in [-0.2, -0.15) is 4.73 Å². The van der Waals surface area contributed by atoms with Crippen molar-refractivity contribution in [3.63, 3.8) is 0 Å². The fourth-order valence-electron chi connectivity index (χ4n) is 2.25. The highest BCUT2D eigenvalue weighted by atomic mass is 35.5. The van der Waals surface area contributed by atoms with Crippen molar-refractivity contribution in [2.45, 2.75) is 40.2 Å². The molecule has 0 spiro atoms. The SMILES string of the molecule is CCc1nc(OCc2cccc(O)c2)c(CC(C)C)[n+]([O-])c1Cl. The number of phenolic OH excluding ortho intramolecular Hbond substituents is 1. The van der Waals surface area contributed by atoms with E-state index in [1.807, 2.05) is 26.8 Å². The van der Waals surface area contributed by atoms with Gasteiger partial charge in [0.05, 0.1) is 0 Å². The summed E-state index contributed by atoms with van der Waals surface area (Å²) in [6.45, 7) is 6.13. The molecule has 0 unspecified atom stereocenters. The third-order valence-electron chi connectivity index (χ3n) is 3.37. The molecule has 1 N–H and O–H groups in total. The van der Waals surface area contributed by atoms with E-state index in [9.17, 15) is 10.3 Å². The van der Waals surface area contributed by atoms with Crippen molar-refractivity contribution in [1.82, 2.24) is 4.98 Å². The van der Waals surface area contributed by atoms with Crippen LogP contribution in [0.4, 0.5) is 0 Å². The molecule has 0 saturated carbocycles. The summed E-state index contributed by atoms with van der Waals surface area (Å²) in [5, 5.41) is 22.0. The monoisotopic (exact) mass is 336 g/mol. The normalized spacial score (nSPS) is 11.0. The first-order valence-corrected chi connectivity index (χ1v) is 8.01. The molecule has 1 heterocycles. The zero-order valence-electron chi connectivity index (χ0n) is 13.5. The molecule has 1 aromatic heterocycles. The Morgan fingerprint density at radius 3 is 2.74 bits per heavy atom. The number of rotatable bonds is 6. The van der Waals surface area contributed by atoms with Gasteiger partial charge in [0.15, 0.2) is 0 Å². The molecular formula is C17H21ClN2O3. The number of halogens is 1. The highest BCUT2D eigenvalue weighted by Crippen LogP contribution is 2.22. The van der Waals surface area contributed by atoms with Crippen molar-refractivity contribution >= 4 is 11.6 Å². The summed E-state index contributed by atoms with van der Waals surface area (Å²) in [5.74, 6) is 0.743. The summed E-state index contributed by atoms with van der Waals surface area (Å²) in [4.78, 5) is 4.40. The number of hydrogen-bond acceptors (Lipinski definition) is 4. The van der Waals surface area contributed by atoms with E-state index in [1.54, 1.807) is 18.2 Å². The van der Waals surface area contributed by atoms with E-state index in [4.69, 9.17) is 16.3 Å². The van der Waals surface area contributed by atoms with E-state index in [-0.39, 0.29) is 23.4 Å². The first-order chi connectivity index (χ1) is 10.9. The maximum atomic E-state index is 12.4. The topological polar surface area (TPSA) is 69.3 Å². The Balaban J connectivity index is 2.33. The van der Waals surface area contributed by atoms with Crippen molar-refractivity contribution in [2.75, 3.05) is 0 Å². The Morgan fingerprint density at radius 2 is 2.13 bits per heavy atom. The molecule has 0 aliphatic heterocycles. The lowest BCUT2D eigenvalue weighted by molar-refractivity contribution is -0.613. The number of hydrogen-bond donors (Lipinski definition) is 1. The van der Waals surface area contributed by atoms with Gasteiger partial charge in [-0.15, -0.1) is 0 Å². The minimum atomic E-state index is 0.104. The van der Waals surface area contributed by atoms with Crippen molar-refractivity contribution < 1.29 is 14.6 Å². The predicted molar refractivity (Wildman–Crippen MR) is 88.6 cm³/mol. The molecule has 0 fully saturated rings. The Bertz CT molecular complexity index is 690. The van der Waals surface area contributed by atoms with E-state index in [0.29, 0.717) is 34.8 Å². The zero-order valence-corrected chi connectivity index (χ0v) is 14.3. The van der Waals surface area contributed by atoms with Crippen LogP contribution in [0.25, 0.3) is 0 Å². The third kappa shape index (κ3) is 4.26. The van der Waals surface area contributed by atoms with Crippen LogP contribution in [-0.2, 0) is 19.4 Å². The van der Waals surface area contributed by atoms with E-state index < -0.39 is 0 Å². The molecule has 23 heavy (non-hydrogen) atoms. The summed E-state index contributed by atoms with van der Waals surface area (Å²) >= 11 is 6.09. The van der Waals surface area contributed by atoms with Crippen molar-refractivity contribution in [2.24, 2.45) is 5.92 Å². The standard InChI is InChI=1S/C17H21ClN2O3/c1-4-14-16(18)20(22)15(8-11(2)3)17(19-14)23-10-12-6-5-7-13(21)9-12/h5-7,9,11,21H,4,8,10H2,1-3H3. The molecule has 0 amide bonds. The smallest absolute Gasteiger partial charge is 0.308 e. The largest absolute Gasteiger partial charge is 0.617 e. The van der Waals surface area contributed by atoms with E-state index in [2.05, 4.69) is 4.98 Å². The second kappa shape index (κ2) is 7.51. The lowest BCUT2D eigenvalue weighted by atomic mass is 10.1. The lowest BCUT2D eigenvalue weighted by Crippen LogP contribution is -2.36. The average molecular weight is 337 g/mol. The minimum absolute atomic E-state index is 0.104. The van der Waals surface area contributed by atoms with Crippen molar-refractivity contribution in [1.29, 1.82) is 0 Å². The summed E-state index contributed by atoms with van der Waals surface area (Å²) in [6.07, 6.45) is 1.07. The van der Waals surface area contributed by atoms with Gasteiger partial charge in [0, 0.05) is 6.42 Å². The fourth-order valence-corrected chi connectivity index (χ4v) is 2.53. The van der Waals surface area contributed by atoms with Crippen molar-refractivity contribution in [3.05, 3.63) is 51.6 Å². The van der Waals surface area contributed by atoms with Crippen LogP contribution in [0.15, 0.2) is 24.3 Å². The molecule has 2 rings (SSSR count). The maximum Gasteiger partial charge on any atom is 0.308 e. The molecular weight excluding hydrogens is 316 g/mol. The van der Waals surface area contributed by atoms with Gasteiger partial charge in [-0.3, -0.25) is 0 Å². The molecule has 124 valence electrons. The van der Waals surface area contributed by atoms with Gasteiger partial charge >= 0.3 is 5.15 Å². The molecule has 0 bridgehead atoms. The highest BCUT2D eigenvalue weighted by Gasteiger charge is 2.24. The molecule has 0 atom stereocenters. The van der Waals surface area contributed by atoms with Gasteiger partial charge in [-0.1, -0.05) is 32.9 Å². The highest BCUT2D eigenvalue weighted by molar-refractivity contribution is 6.29. The number of aromatic hydroxyl groups is 1. The molecule has 0 aliphatic carbocycles. The van der Waals surface area contributed by atoms with Gasteiger partial charge < -0.3 is 15.1 Å². The van der Waals surface area contributed by atoms with Crippen molar-refractivity contribution in [3.8, 4) is 11.6 Å². The number of nitrogens with zero attached hydrogens (tertiary/aromatic N) is 2. The molecule has 6 heteroatoms. The number of phenols is 1. The second-order valence-electron chi connectivity index (χ2n) is 5.81. The summed E-state index contributed by atoms with van der Waals surface area (Å²) in [7, 11) is 0. The van der Waals surface area contributed by atoms with Crippen LogP contribution in [0.5, 0.6) is 11.6 Å². The Kier molecular flexibility index (Phi) is 5.66. The number of ether oxygens (including phenoxy) is 1.